The molecule has 1 aromatic rings. The highest BCUT2D eigenvalue weighted by molar-refractivity contribution is 5.94. The predicted octanol–water partition coefficient (Wildman–Crippen LogP) is 2.11. The molecule has 0 aliphatic heterocycles. The molecule has 20 heavy (non-hydrogen) atoms. The van der Waals surface area contributed by atoms with E-state index in [2.05, 4.69) is 10.6 Å². The number of hydrogen-bond acceptors (Lipinski definition) is 2. The van der Waals surface area contributed by atoms with Crippen LogP contribution < -0.4 is 10.6 Å². The van der Waals surface area contributed by atoms with Gasteiger partial charge in [-0.2, -0.15) is 0 Å². The van der Waals surface area contributed by atoms with Gasteiger partial charge in [-0.05, 0) is 17.5 Å². The van der Waals surface area contributed by atoms with Crippen LogP contribution in [0.1, 0.15) is 37.6 Å². The third-order valence-corrected chi connectivity index (χ3v) is 2.54. The summed E-state index contributed by atoms with van der Waals surface area (Å²) >= 11 is 0. The van der Waals surface area contributed by atoms with Gasteiger partial charge in [0.25, 0.3) is 5.91 Å². The molecular formula is C15H21FN2O2. The minimum absolute atomic E-state index is 0.00789. The third kappa shape index (κ3) is 5.82. The van der Waals surface area contributed by atoms with Crippen LogP contribution >= 0.6 is 0 Å². The van der Waals surface area contributed by atoms with E-state index in [9.17, 15) is 14.0 Å². The molecule has 0 aromatic heterocycles. The summed E-state index contributed by atoms with van der Waals surface area (Å²) in [6, 6.07) is 5.78. The molecule has 0 saturated carbocycles. The molecule has 0 fully saturated rings. The van der Waals surface area contributed by atoms with Crippen molar-refractivity contribution < 1.29 is 14.0 Å². The van der Waals surface area contributed by atoms with Crippen molar-refractivity contribution in [3.8, 4) is 0 Å². The van der Waals surface area contributed by atoms with Crippen LogP contribution in [-0.4, -0.2) is 24.9 Å². The maximum absolute atomic E-state index is 13.3. The van der Waals surface area contributed by atoms with Crippen molar-refractivity contribution >= 4 is 11.8 Å². The lowest BCUT2D eigenvalue weighted by Crippen LogP contribution is -2.36. The van der Waals surface area contributed by atoms with Crippen LogP contribution in [0.4, 0.5) is 4.39 Å². The maximum Gasteiger partial charge on any atom is 0.254 e. The quantitative estimate of drug-likeness (QED) is 0.812. The van der Waals surface area contributed by atoms with Gasteiger partial charge >= 0.3 is 0 Å². The van der Waals surface area contributed by atoms with Crippen molar-refractivity contribution in [2.75, 3.05) is 13.1 Å². The van der Waals surface area contributed by atoms with Crippen molar-refractivity contribution in [1.29, 1.82) is 0 Å². The Bertz CT molecular complexity index is 481. The summed E-state index contributed by atoms with van der Waals surface area (Å²) in [6.45, 7) is 6.53. The summed E-state index contributed by atoms with van der Waals surface area (Å²) in [5.41, 5.74) is -0.0611. The van der Waals surface area contributed by atoms with E-state index in [0.717, 1.165) is 0 Å². The number of carbonyl (C=O) groups excluding carboxylic acids is 2. The van der Waals surface area contributed by atoms with E-state index in [1.807, 2.05) is 20.8 Å². The van der Waals surface area contributed by atoms with Crippen molar-refractivity contribution in [2.24, 2.45) is 5.41 Å². The molecule has 110 valence electrons. The van der Waals surface area contributed by atoms with E-state index < -0.39 is 11.7 Å². The Labute approximate surface area is 118 Å². The summed E-state index contributed by atoms with van der Waals surface area (Å²) in [7, 11) is 0. The lowest BCUT2D eigenvalue weighted by Gasteiger charge is -2.17. The molecule has 4 nitrogen and oxygen atoms in total. The highest BCUT2D eigenvalue weighted by atomic mass is 19.1. The smallest absolute Gasteiger partial charge is 0.254 e. The topological polar surface area (TPSA) is 58.2 Å². The van der Waals surface area contributed by atoms with E-state index in [4.69, 9.17) is 0 Å². The zero-order chi connectivity index (χ0) is 15.2. The molecule has 0 unspecified atom stereocenters. The number of rotatable bonds is 5. The monoisotopic (exact) mass is 280 g/mol. The van der Waals surface area contributed by atoms with E-state index >= 15 is 0 Å². The first kappa shape index (κ1) is 16.1. The summed E-state index contributed by atoms with van der Waals surface area (Å²) in [5.74, 6) is -1.09. The van der Waals surface area contributed by atoms with Gasteiger partial charge in [-0.15, -0.1) is 0 Å². The van der Waals surface area contributed by atoms with Gasteiger partial charge in [0.1, 0.15) is 5.82 Å². The number of benzene rings is 1. The van der Waals surface area contributed by atoms with Gasteiger partial charge in [0.05, 0.1) is 5.56 Å². The van der Waals surface area contributed by atoms with Crippen molar-refractivity contribution in [3.05, 3.63) is 35.6 Å². The SMILES string of the molecule is CC(C)(C)CC(=O)NCCNC(=O)c1ccccc1F. The summed E-state index contributed by atoms with van der Waals surface area (Å²) in [4.78, 5) is 23.2. The van der Waals surface area contributed by atoms with Gasteiger partial charge in [0, 0.05) is 19.5 Å². The number of hydrogen-bond donors (Lipinski definition) is 2. The van der Waals surface area contributed by atoms with E-state index in [0.29, 0.717) is 13.0 Å². The van der Waals surface area contributed by atoms with Crippen molar-refractivity contribution in [2.45, 2.75) is 27.2 Å². The van der Waals surface area contributed by atoms with Gasteiger partial charge in [-0.1, -0.05) is 32.9 Å². The molecule has 1 aromatic carbocycles. The minimum atomic E-state index is -0.554. The van der Waals surface area contributed by atoms with Crippen LogP contribution in [0.15, 0.2) is 24.3 Å². The van der Waals surface area contributed by atoms with Crippen LogP contribution in [0.5, 0.6) is 0 Å². The lowest BCUT2D eigenvalue weighted by atomic mass is 9.92. The molecule has 1 rings (SSSR count). The molecule has 0 heterocycles. The third-order valence-electron chi connectivity index (χ3n) is 2.54. The molecule has 2 amide bonds. The Morgan fingerprint density at radius 1 is 1.10 bits per heavy atom. The maximum atomic E-state index is 13.3. The second-order valence-corrected chi connectivity index (χ2v) is 5.82. The first-order valence-corrected chi connectivity index (χ1v) is 6.59. The van der Waals surface area contributed by atoms with Gasteiger partial charge < -0.3 is 10.6 Å². The lowest BCUT2D eigenvalue weighted by molar-refractivity contribution is -0.122. The number of nitrogens with one attached hydrogen (secondary N) is 2. The average molecular weight is 280 g/mol. The first-order valence-electron chi connectivity index (χ1n) is 6.59. The van der Waals surface area contributed by atoms with Crippen LogP contribution in [0.3, 0.4) is 0 Å². The highest BCUT2D eigenvalue weighted by Crippen LogP contribution is 2.17. The molecule has 0 aliphatic carbocycles. The molecule has 0 radical (unpaired) electrons. The average Bonchev–Trinajstić information content (AvgIpc) is 2.33. The molecule has 0 spiro atoms. The highest BCUT2D eigenvalue weighted by Gasteiger charge is 2.15. The van der Waals surface area contributed by atoms with E-state index in [1.54, 1.807) is 6.07 Å². The molecule has 5 heteroatoms. The minimum Gasteiger partial charge on any atom is -0.354 e. The van der Waals surface area contributed by atoms with Gasteiger partial charge in [0.2, 0.25) is 5.91 Å². The molecule has 2 N–H and O–H groups in total. The summed E-state index contributed by atoms with van der Waals surface area (Å²) in [5, 5.41) is 5.28. The largest absolute Gasteiger partial charge is 0.354 e. The molecule has 0 saturated heterocycles. The summed E-state index contributed by atoms with van der Waals surface area (Å²) in [6.07, 6.45) is 0.425. The van der Waals surface area contributed by atoms with Crippen molar-refractivity contribution in [1.82, 2.24) is 10.6 Å². The zero-order valence-corrected chi connectivity index (χ0v) is 12.1. The van der Waals surface area contributed by atoms with Crippen LogP contribution in [0.25, 0.3) is 0 Å². The Balaban J connectivity index is 2.30. The fourth-order valence-corrected chi connectivity index (χ4v) is 1.66. The van der Waals surface area contributed by atoms with E-state index in [-0.39, 0.29) is 23.4 Å². The molecular weight excluding hydrogens is 259 g/mol. The molecule has 0 atom stereocenters. The normalized spacial score (nSPS) is 11.0. The molecule has 0 bridgehead atoms. The Morgan fingerprint density at radius 2 is 1.70 bits per heavy atom. The second kappa shape index (κ2) is 7.03. The van der Waals surface area contributed by atoms with Gasteiger partial charge in [-0.3, -0.25) is 9.59 Å². The van der Waals surface area contributed by atoms with Gasteiger partial charge in [-0.25, -0.2) is 4.39 Å². The second-order valence-electron chi connectivity index (χ2n) is 5.82. The van der Waals surface area contributed by atoms with Crippen LogP contribution in [-0.2, 0) is 4.79 Å². The Morgan fingerprint density at radius 3 is 2.30 bits per heavy atom. The van der Waals surface area contributed by atoms with Gasteiger partial charge in [0.15, 0.2) is 0 Å². The predicted molar refractivity (Wildman–Crippen MR) is 75.8 cm³/mol. The fourth-order valence-electron chi connectivity index (χ4n) is 1.66. The number of amides is 2. The molecule has 0 aliphatic rings. The van der Waals surface area contributed by atoms with E-state index in [1.165, 1.54) is 18.2 Å². The van der Waals surface area contributed by atoms with Crippen LogP contribution in [0.2, 0.25) is 0 Å². The van der Waals surface area contributed by atoms with Crippen molar-refractivity contribution in [3.63, 3.8) is 0 Å². The number of halogens is 1. The Hall–Kier alpha value is -1.91. The first-order chi connectivity index (χ1) is 9.29. The Kier molecular flexibility index (Phi) is 5.67. The zero-order valence-electron chi connectivity index (χ0n) is 12.1. The fraction of sp³-hybridized carbons (Fsp3) is 0.467. The summed E-state index contributed by atoms with van der Waals surface area (Å²) < 4.78 is 13.3. The number of carbonyl (C=O) groups is 2. The standard InChI is InChI=1S/C15H21FN2O2/c1-15(2,3)10-13(19)17-8-9-18-14(20)11-6-4-5-7-12(11)16/h4-7H,8-10H2,1-3H3,(H,17,19)(H,18,20). The van der Waals surface area contributed by atoms with Crippen LogP contribution in [0, 0.1) is 11.2 Å².